The summed E-state index contributed by atoms with van der Waals surface area (Å²) in [4.78, 5) is 51.1. The maximum atomic E-state index is 12.3. The number of nitrogens with one attached hydrogen (secondary N) is 1. The number of anilines is 1. The Morgan fingerprint density at radius 1 is 1.25 bits per heavy atom. The standard InChI is InChI=1S/C16H17N3O9/c1-2-10(20)25-7-8-13-14(28-12(22)4-3-11(21)27-13)15(26-8)19-6-5-9(18-24)17-16(19)23/h3-6,8,13-15,24H,2,7H2,1H3,(H,17,18,23)/b4-3-/t8-,13-,14-,15-/m1/s1. The second-order valence-corrected chi connectivity index (χ2v) is 5.85. The van der Waals surface area contributed by atoms with Crippen LogP contribution in [0.2, 0.25) is 0 Å². The highest BCUT2D eigenvalue weighted by atomic mass is 16.7. The van der Waals surface area contributed by atoms with Gasteiger partial charge in [-0.2, -0.15) is 4.98 Å². The number of aromatic nitrogens is 2. The lowest BCUT2D eigenvalue weighted by molar-refractivity contribution is -0.165. The largest absolute Gasteiger partial charge is 0.463 e. The maximum Gasteiger partial charge on any atom is 0.351 e. The third kappa shape index (κ3) is 4.02. The normalized spacial score (nSPS) is 27.6. The van der Waals surface area contributed by atoms with Crippen molar-refractivity contribution in [2.75, 3.05) is 12.1 Å². The number of nitrogens with zero attached hydrogens (tertiary/aromatic N) is 2. The van der Waals surface area contributed by atoms with E-state index < -0.39 is 48.1 Å². The third-order valence-corrected chi connectivity index (χ3v) is 4.06. The average molecular weight is 395 g/mol. The van der Waals surface area contributed by atoms with E-state index in [4.69, 9.17) is 24.2 Å². The molecule has 2 aliphatic heterocycles. The van der Waals surface area contributed by atoms with Gasteiger partial charge in [0.2, 0.25) is 0 Å². The van der Waals surface area contributed by atoms with E-state index >= 15 is 0 Å². The highest BCUT2D eigenvalue weighted by Gasteiger charge is 2.51. The van der Waals surface area contributed by atoms with Crippen molar-refractivity contribution >= 4 is 23.7 Å². The van der Waals surface area contributed by atoms with E-state index in [2.05, 4.69) is 4.98 Å². The van der Waals surface area contributed by atoms with E-state index in [0.717, 1.165) is 16.7 Å². The lowest BCUT2D eigenvalue weighted by Gasteiger charge is -2.25. The summed E-state index contributed by atoms with van der Waals surface area (Å²) in [5, 5.41) is 8.85. The summed E-state index contributed by atoms with van der Waals surface area (Å²) < 4.78 is 22.3. The van der Waals surface area contributed by atoms with Crippen LogP contribution in [0.5, 0.6) is 0 Å². The quantitative estimate of drug-likeness (QED) is 0.369. The molecule has 12 nitrogen and oxygen atoms in total. The molecule has 4 atom stereocenters. The van der Waals surface area contributed by atoms with Gasteiger partial charge in [-0.15, -0.1) is 0 Å². The number of esters is 3. The van der Waals surface area contributed by atoms with Gasteiger partial charge in [0, 0.05) is 24.8 Å². The number of hydrogen-bond acceptors (Lipinski definition) is 11. The topological polar surface area (TPSA) is 155 Å². The molecular weight excluding hydrogens is 378 g/mol. The molecule has 0 unspecified atom stereocenters. The summed E-state index contributed by atoms with van der Waals surface area (Å²) in [6.07, 6.45) is -1.35. The average Bonchev–Trinajstić information content (AvgIpc) is 2.99. The summed E-state index contributed by atoms with van der Waals surface area (Å²) >= 11 is 0. The van der Waals surface area contributed by atoms with Crippen LogP contribution in [0.3, 0.4) is 0 Å². The first-order valence-corrected chi connectivity index (χ1v) is 8.32. The molecule has 0 aromatic carbocycles. The van der Waals surface area contributed by atoms with Crippen LogP contribution in [-0.2, 0) is 33.3 Å². The molecule has 3 heterocycles. The predicted octanol–water partition coefficient (Wildman–Crippen LogP) is -0.712. The second-order valence-electron chi connectivity index (χ2n) is 5.85. The molecule has 0 spiro atoms. The highest BCUT2D eigenvalue weighted by Crippen LogP contribution is 2.34. The van der Waals surface area contributed by atoms with Gasteiger partial charge in [0.25, 0.3) is 0 Å². The van der Waals surface area contributed by atoms with Crippen molar-refractivity contribution in [3.05, 3.63) is 34.9 Å². The van der Waals surface area contributed by atoms with Crippen LogP contribution < -0.4 is 11.2 Å². The zero-order valence-electron chi connectivity index (χ0n) is 14.6. The molecule has 150 valence electrons. The molecule has 1 aromatic heterocycles. The molecule has 0 aliphatic carbocycles. The van der Waals surface area contributed by atoms with Crippen molar-refractivity contribution in [3.8, 4) is 0 Å². The minimum atomic E-state index is -1.20. The van der Waals surface area contributed by atoms with Crippen LogP contribution in [0.1, 0.15) is 19.6 Å². The second kappa shape index (κ2) is 8.19. The highest BCUT2D eigenvalue weighted by molar-refractivity contribution is 5.92. The lowest BCUT2D eigenvalue weighted by Crippen LogP contribution is -2.43. The summed E-state index contributed by atoms with van der Waals surface area (Å²) in [5.74, 6) is -2.25. The predicted molar refractivity (Wildman–Crippen MR) is 88.0 cm³/mol. The molecule has 0 saturated carbocycles. The number of carbonyl (C=O) groups is 3. The number of rotatable bonds is 5. The van der Waals surface area contributed by atoms with E-state index in [1.54, 1.807) is 12.4 Å². The van der Waals surface area contributed by atoms with Gasteiger partial charge in [-0.1, -0.05) is 6.92 Å². The van der Waals surface area contributed by atoms with Crippen LogP contribution in [0, 0.1) is 0 Å². The fourth-order valence-corrected chi connectivity index (χ4v) is 2.76. The molecule has 1 fully saturated rings. The smallest absolute Gasteiger partial charge is 0.351 e. The van der Waals surface area contributed by atoms with E-state index in [1.165, 1.54) is 12.3 Å². The fraction of sp³-hybridized carbons (Fsp3) is 0.438. The van der Waals surface area contributed by atoms with Crippen LogP contribution in [-0.4, -0.2) is 57.6 Å². The molecule has 3 rings (SSSR count). The first kappa shape index (κ1) is 19.5. The van der Waals surface area contributed by atoms with Gasteiger partial charge in [-0.05, 0) is 6.07 Å². The van der Waals surface area contributed by atoms with Crippen molar-refractivity contribution in [1.82, 2.24) is 9.55 Å². The van der Waals surface area contributed by atoms with Crippen LogP contribution in [0.25, 0.3) is 0 Å². The summed E-state index contributed by atoms with van der Waals surface area (Å²) in [6, 6.07) is 1.28. The maximum absolute atomic E-state index is 12.3. The van der Waals surface area contributed by atoms with Crippen molar-refractivity contribution in [2.45, 2.75) is 37.9 Å². The van der Waals surface area contributed by atoms with E-state index in [0.29, 0.717) is 0 Å². The first-order valence-electron chi connectivity index (χ1n) is 8.32. The monoisotopic (exact) mass is 395 g/mol. The van der Waals surface area contributed by atoms with Gasteiger partial charge in [0.1, 0.15) is 12.7 Å². The molecule has 1 aromatic rings. The van der Waals surface area contributed by atoms with Gasteiger partial charge in [0.05, 0.1) is 0 Å². The molecule has 2 aliphatic rings. The molecule has 12 heteroatoms. The van der Waals surface area contributed by atoms with Crippen molar-refractivity contribution < 1.29 is 38.5 Å². The minimum Gasteiger partial charge on any atom is -0.463 e. The Balaban J connectivity index is 1.94. The zero-order chi connectivity index (χ0) is 20.3. The van der Waals surface area contributed by atoms with Gasteiger partial charge < -0.3 is 18.9 Å². The Labute approximate surface area is 157 Å². The van der Waals surface area contributed by atoms with E-state index in [1.807, 2.05) is 0 Å². The molecule has 0 amide bonds. The fourth-order valence-electron chi connectivity index (χ4n) is 2.76. The van der Waals surface area contributed by atoms with Gasteiger partial charge in [-0.3, -0.25) is 20.0 Å². The Bertz CT molecular complexity index is 865. The van der Waals surface area contributed by atoms with Gasteiger partial charge in [0.15, 0.2) is 24.3 Å². The molecular formula is C16H17N3O9. The summed E-state index contributed by atoms with van der Waals surface area (Å²) in [7, 11) is 0. The molecule has 0 bridgehead atoms. The van der Waals surface area contributed by atoms with Crippen molar-refractivity contribution in [1.29, 1.82) is 0 Å². The third-order valence-electron chi connectivity index (χ3n) is 4.06. The van der Waals surface area contributed by atoms with Crippen molar-refractivity contribution in [3.63, 3.8) is 0 Å². The number of carbonyl (C=O) groups excluding carboxylic acids is 3. The van der Waals surface area contributed by atoms with Crippen molar-refractivity contribution in [2.24, 2.45) is 0 Å². The van der Waals surface area contributed by atoms with E-state index in [-0.39, 0.29) is 18.8 Å². The first-order chi connectivity index (χ1) is 13.4. The van der Waals surface area contributed by atoms with Crippen LogP contribution >= 0.6 is 0 Å². The van der Waals surface area contributed by atoms with Gasteiger partial charge in [-0.25, -0.2) is 14.4 Å². The minimum absolute atomic E-state index is 0.103. The van der Waals surface area contributed by atoms with Crippen LogP contribution in [0.4, 0.5) is 5.82 Å². The Kier molecular flexibility index (Phi) is 5.70. The Hall–Kier alpha value is -3.25. The lowest BCUT2D eigenvalue weighted by atomic mass is 10.1. The molecule has 2 N–H and O–H groups in total. The summed E-state index contributed by atoms with van der Waals surface area (Å²) in [5.41, 5.74) is 0.909. The SMILES string of the molecule is CCC(=O)OC[C@H]1O[C@@H](n2ccc(NO)nc2=O)[C@@H]2OC(=O)/C=C\C(=O)O[C@@H]21. The number of hydrogen-bond donors (Lipinski definition) is 2. The van der Waals surface area contributed by atoms with Crippen LogP contribution in [0.15, 0.2) is 29.2 Å². The number of fused-ring (bicyclic) bond motifs is 1. The zero-order valence-corrected chi connectivity index (χ0v) is 14.6. The number of ether oxygens (including phenoxy) is 4. The summed E-state index contributed by atoms with van der Waals surface area (Å²) in [6.45, 7) is 1.32. The van der Waals surface area contributed by atoms with E-state index in [9.17, 15) is 19.2 Å². The Morgan fingerprint density at radius 3 is 2.54 bits per heavy atom. The molecule has 28 heavy (non-hydrogen) atoms. The Morgan fingerprint density at radius 2 is 1.93 bits per heavy atom. The molecule has 0 radical (unpaired) electrons. The molecule has 1 saturated heterocycles. The van der Waals surface area contributed by atoms with Gasteiger partial charge >= 0.3 is 23.6 Å².